The van der Waals surface area contributed by atoms with E-state index in [1.54, 1.807) is 24.0 Å². The van der Waals surface area contributed by atoms with E-state index < -0.39 is 0 Å². The predicted molar refractivity (Wildman–Crippen MR) is 87.6 cm³/mol. The molecule has 0 amide bonds. The van der Waals surface area contributed by atoms with Crippen molar-refractivity contribution in [3.05, 3.63) is 89.6 Å². The Morgan fingerprint density at radius 2 is 1.68 bits per heavy atom. The van der Waals surface area contributed by atoms with Gasteiger partial charge in [0, 0.05) is 17.7 Å². The van der Waals surface area contributed by atoms with Gasteiger partial charge in [0.05, 0.1) is 0 Å². The maximum Gasteiger partial charge on any atom is 0.127 e. The molecule has 1 aromatic heterocycles. The second-order valence-electron chi connectivity index (χ2n) is 4.85. The van der Waals surface area contributed by atoms with Gasteiger partial charge in [-0.15, -0.1) is 11.8 Å². The first-order chi connectivity index (χ1) is 10.8. The number of halogens is 1. The van der Waals surface area contributed by atoms with Crippen molar-refractivity contribution < 1.29 is 4.39 Å². The Labute approximate surface area is 133 Å². The topological polar surface area (TPSA) is 25.8 Å². The van der Waals surface area contributed by atoms with E-state index in [1.807, 2.05) is 48.7 Å². The predicted octanol–water partition coefficient (Wildman–Crippen LogP) is 4.52. The van der Waals surface area contributed by atoms with Crippen LogP contribution in [0.15, 0.2) is 72.1 Å². The van der Waals surface area contributed by atoms with Crippen LogP contribution in [0.4, 0.5) is 4.39 Å². The minimum absolute atomic E-state index is 0.216. The first-order valence-electron chi connectivity index (χ1n) is 6.94. The largest absolute Gasteiger partial charge is 0.244 e. The van der Waals surface area contributed by atoms with Gasteiger partial charge in [0.2, 0.25) is 0 Å². The molecule has 3 rings (SSSR count). The third-order valence-electron chi connectivity index (χ3n) is 3.56. The highest BCUT2D eigenvalue weighted by Gasteiger charge is 2.23. The van der Waals surface area contributed by atoms with Crippen LogP contribution < -0.4 is 0 Å². The van der Waals surface area contributed by atoms with E-state index in [-0.39, 0.29) is 11.7 Å². The first-order valence-corrected chi connectivity index (χ1v) is 8.17. The number of aromatic nitrogens is 2. The standard InChI is InChI=1S/C18H15FN2S/c1-22-18-15(11-20-12-21-18)17(13-7-3-2-4-8-13)14-9-5-6-10-16(14)19/h2-12,17H,1H3/t17-/m0/s1. The highest BCUT2D eigenvalue weighted by Crippen LogP contribution is 2.36. The molecule has 2 aromatic carbocycles. The molecule has 0 bridgehead atoms. The highest BCUT2D eigenvalue weighted by molar-refractivity contribution is 7.98. The Kier molecular flexibility index (Phi) is 4.49. The normalized spacial score (nSPS) is 12.1. The molecule has 0 spiro atoms. The summed E-state index contributed by atoms with van der Waals surface area (Å²) in [5, 5.41) is 0.868. The second-order valence-corrected chi connectivity index (χ2v) is 5.65. The zero-order valence-electron chi connectivity index (χ0n) is 12.1. The molecule has 2 nitrogen and oxygen atoms in total. The summed E-state index contributed by atoms with van der Waals surface area (Å²) in [4.78, 5) is 8.48. The van der Waals surface area contributed by atoms with Crippen molar-refractivity contribution in [3.8, 4) is 0 Å². The average molecular weight is 310 g/mol. The minimum Gasteiger partial charge on any atom is -0.244 e. The molecule has 1 heterocycles. The summed E-state index contributed by atoms with van der Waals surface area (Å²) in [6.45, 7) is 0. The Hall–Kier alpha value is -2.20. The van der Waals surface area contributed by atoms with Crippen LogP contribution in [-0.4, -0.2) is 16.2 Å². The van der Waals surface area contributed by atoms with Gasteiger partial charge in [-0.2, -0.15) is 0 Å². The van der Waals surface area contributed by atoms with Crippen LogP contribution in [0.25, 0.3) is 0 Å². The van der Waals surface area contributed by atoms with Crippen molar-refractivity contribution in [2.24, 2.45) is 0 Å². The van der Waals surface area contributed by atoms with Gasteiger partial charge < -0.3 is 0 Å². The fraction of sp³-hybridized carbons (Fsp3) is 0.111. The summed E-state index contributed by atoms with van der Waals surface area (Å²) in [6.07, 6.45) is 5.27. The van der Waals surface area contributed by atoms with Crippen LogP contribution in [0, 0.1) is 5.82 Å². The Balaban J connectivity index is 2.22. The van der Waals surface area contributed by atoms with Crippen LogP contribution >= 0.6 is 11.8 Å². The first kappa shape index (κ1) is 14.7. The van der Waals surface area contributed by atoms with Crippen LogP contribution in [0.3, 0.4) is 0 Å². The summed E-state index contributed by atoms with van der Waals surface area (Å²) >= 11 is 1.55. The number of hydrogen-bond donors (Lipinski definition) is 0. The molecule has 0 radical (unpaired) electrons. The van der Waals surface area contributed by atoms with Crippen molar-refractivity contribution in [2.75, 3.05) is 6.26 Å². The minimum atomic E-state index is -0.217. The molecule has 1 atom stereocenters. The molecule has 4 heteroatoms. The lowest BCUT2D eigenvalue weighted by molar-refractivity contribution is 0.605. The van der Waals surface area contributed by atoms with E-state index in [9.17, 15) is 4.39 Å². The maximum atomic E-state index is 14.4. The molecule has 110 valence electrons. The molecule has 0 aliphatic heterocycles. The SMILES string of the molecule is CSc1ncncc1[C@@H](c1ccccc1)c1ccccc1F. The van der Waals surface area contributed by atoms with Gasteiger partial charge in [0.25, 0.3) is 0 Å². The highest BCUT2D eigenvalue weighted by atomic mass is 32.2. The summed E-state index contributed by atoms with van der Waals surface area (Å²) in [7, 11) is 0. The molecule has 0 fully saturated rings. The number of nitrogens with zero attached hydrogens (tertiary/aromatic N) is 2. The van der Waals surface area contributed by atoms with Gasteiger partial charge in [0.15, 0.2) is 0 Å². The average Bonchev–Trinajstić information content (AvgIpc) is 2.58. The molecule has 22 heavy (non-hydrogen) atoms. The van der Waals surface area contributed by atoms with E-state index in [0.717, 1.165) is 16.2 Å². The summed E-state index contributed by atoms with van der Waals surface area (Å²) < 4.78 is 14.4. The molecule has 0 aliphatic carbocycles. The lowest BCUT2D eigenvalue weighted by Gasteiger charge is -2.20. The maximum absolute atomic E-state index is 14.4. The molecule has 0 N–H and O–H groups in total. The quantitative estimate of drug-likeness (QED) is 0.523. The van der Waals surface area contributed by atoms with Crippen LogP contribution in [0.1, 0.15) is 22.6 Å². The Morgan fingerprint density at radius 1 is 0.955 bits per heavy atom. The zero-order chi connectivity index (χ0) is 15.4. The van der Waals surface area contributed by atoms with Crippen molar-refractivity contribution in [1.29, 1.82) is 0 Å². The summed E-state index contributed by atoms with van der Waals surface area (Å²) in [5.74, 6) is -0.432. The fourth-order valence-corrected chi connectivity index (χ4v) is 3.14. The van der Waals surface area contributed by atoms with E-state index in [2.05, 4.69) is 9.97 Å². The van der Waals surface area contributed by atoms with Crippen LogP contribution in [-0.2, 0) is 0 Å². The Bertz CT molecular complexity index is 762. The second kappa shape index (κ2) is 6.71. The number of thioether (sulfide) groups is 1. The summed E-state index contributed by atoms with van der Waals surface area (Å²) in [5.41, 5.74) is 2.59. The van der Waals surface area contributed by atoms with Crippen molar-refractivity contribution >= 4 is 11.8 Å². The zero-order valence-corrected chi connectivity index (χ0v) is 12.9. The third kappa shape index (κ3) is 2.88. The lowest BCUT2D eigenvalue weighted by atomic mass is 9.86. The van der Waals surface area contributed by atoms with Gasteiger partial charge in [-0.05, 0) is 23.4 Å². The number of benzene rings is 2. The third-order valence-corrected chi connectivity index (χ3v) is 4.28. The van der Waals surface area contributed by atoms with E-state index >= 15 is 0 Å². The van der Waals surface area contributed by atoms with E-state index in [4.69, 9.17) is 0 Å². The summed E-state index contributed by atoms with van der Waals surface area (Å²) in [6, 6.07) is 16.8. The molecular weight excluding hydrogens is 295 g/mol. The van der Waals surface area contributed by atoms with Gasteiger partial charge in [-0.1, -0.05) is 48.5 Å². The van der Waals surface area contributed by atoms with Crippen LogP contribution in [0.5, 0.6) is 0 Å². The number of hydrogen-bond acceptors (Lipinski definition) is 3. The molecule has 0 aliphatic rings. The van der Waals surface area contributed by atoms with Gasteiger partial charge in [-0.25, -0.2) is 14.4 Å². The molecule has 0 saturated heterocycles. The van der Waals surface area contributed by atoms with Crippen molar-refractivity contribution in [3.63, 3.8) is 0 Å². The van der Waals surface area contributed by atoms with E-state index in [0.29, 0.717) is 5.56 Å². The molecule has 0 unspecified atom stereocenters. The van der Waals surface area contributed by atoms with E-state index in [1.165, 1.54) is 12.4 Å². The number of rotatable bonds is 4. The smallest absolute Gasteiger partial charge is 0.127 e. The van der Waals surface area contributed by atoms with Gasteiger partial charge in [0.1, 0.15) is 17.2 Å². The fourth-order valence-electron chi connectivity index (χ4n) is 2.58. The van der Waals surface area contributed by atoms with Crippen LogP contribution in [0.2, 0.25) is 0 Å². The van der Waals surface area contributed by atoms with Gasteiger partial charge in [-0.3, -0.25) is 0 Å². The van der Waals surface area contributed by atoms with Crippen molar-refractivity contribution in [1.82, 2.24) is 9.97 Å². The van der Waals surface area contributed by atoms with Gasteiger partial charge >= 0.3 is 0 Å². The molecule has 3 aromatic rings. The molecular formula is C18H15FN2S. The van der Waals surface area contributed by atoms with Crippen molar-refractivity contribution in [2.45, 2.75) is 10.9 Å². The monoisotopic (exact) mass is 310 g/mol. The Morgan fingerprint density at radius 3 is 2.41 bits per heavy atom. The lowest BCUT2D eigenvalue weighted by Crippen LogP contribution is -2.08. The molecule has 0 saturated carbocycles.